The van der Waals surface area contributed by atoms with Gasteiger partial charge in [0, 0.05) is 6.42 Å². The number of hydrogen-bond acceptors (Lipinski definition) is 8. The first-order chi connectivity index (χ1) is 35.3. The number of allylic oxidation sites excluding steroid dienone is 2. The van der Waals surface area contributed by atoms with Crippen molar-refractivity contribution in [3.63, 3.8) is 0 Å². The van der Waals surface area contributed by atoms with Crippen LogP contribution in [0.2, 0.25) is 0 Å². The molecule has 1 aliphatic rings. The van der Waals surface area contributed by atoms with Gasteiger partial charge in [0.05, 0.1) is 25.4 Å². The van der Waals surface area contributed by atoms with Crippen LogP contribution in [0.15, 0.2) is 12.2 Å². The van der Waals surface area contributed by atoms with Crippen molar-refractivity contribution in [2.24, 2.45) is 0 Å². The third-order valence-corrected chi connectivity index (χ3v) is 15.6. The second-order valence-electron chi connectivity index (χ2n) is 22.6. The molecule has 1 heterocycles. The summed E-state index contributed by atoms with van der Waals surface area (Å²) in [6.45, 7) is 3.83. The quantitative estimate of drug-likeness (QED) is 0.0261. The van der Waals surface area contributed by atoms with Gasteiger partial charge in [0.15, 0.2) is 6.29 Å². The van der Waals surface area contributed by atoms with E-state index in [1.165, 1.54) is 263 Å². The van der Waals surface area contributed by atoms with Crippen LogP contribution < -0.4 is 5.32 Å². The Kier molecular flexibility index (Phi) is 51.1. The number of aliphatic hydroxyl groups is 5. The summed E-state index contributed by atoms with van der Waals surface area (Å²) in [5.41, 5.74) is 0. The van der Waals surface area contributed by atoms with Crippen LogP contribution in [0.5, 0.6) is 0 Å². The van der Waals surface area contributed by atoms with E-state index in [1.54, 1.807) is 0 Å². The Morgan fingerprint density at radius 2 is 0.778 bits per heavy atom. The Morgan fingerprint density at radius 3 is 1.12 bits per heavy atom. The van der Waals surface area contributed by atoms with E-state index < -0.39 is 49.5 Å². The molecule has 1 amide bonds. The molecule has 1 aliphatic heterocycles. The fraction of sp³-hybridized carbons (Fsp3) is 0.952. The highest BCUT2D eigenvalue weighted by Gasteiger charge is 2.44. The minimum atomic E-state index is -1.55. The topological polar surface area (TPSA) is 149 Å². The molecule has 0 aromatic carbocycles. The first-order valence-electron chi connectivity index (χ1n) is 31.9. The van der Waals surface area contributed by atoms with Crippen LogP contribution in [0.25, 0.3) is 0 Å². The van der Waals surface area contributed by atoms with Crippen molar-refractivity contribution in [3.05, 3.63) is 12.2 Å². The van der Waals surface area contributed by atoms with Crippen molar-refractivity contribution in [2.45, 2.75) is 371 Å². The summed E-state index contributed by atoms with van der Waals surface area (Å²) in [5.74, 6) is -0.141. The van der Waals surface area contributed by atoms with Crippen LogP contribution >= 0.6 is 0 Å². The molecule has 0 radical (unpaired) electrons. The summed E-state index contributed by atoms with van der Waals surface area (Å²) < 4.78 is 11.3. The minimum Gasteiger partial charge on any atom is -0.394 e. The second kappa shape index (κ2) is 53.3. The van der Waals surface area contributed by atoms with Crippen molar-refractivity contribution >= 4 is 5.91 Å². The maximum Gasteiger partial charge on any atom is 0.220 e. The molecule has 6 N–H and O–H groups in total. The van der Waals surface area contributed by atoms with Crippen molar-refractivity contribution in [2.75, 3.05) is 13.2 Å². The largest absolute Gasteiger partial charge is 0.394 e. The SMILES string of the molecule is CCCCCCCCCC/C=C\CCCCCCCCCCCCCCCCCCCCCCCCCCCCCCCC(=O)NC(COC1OC(CO)C(O)C(O)C1O)C(O)CCCCCCCCCC. The molecule has 9 nitrogen and oxygen atoms in total. The van der Waals surface area contributed by atoms with Crippen LogP contribution in [0.3, 0.4) is 0 Å². The Balaban J connectivity index is 1.93. The molecule has 0 aromatic heterocycles. The molecule has 0 bridgehead atoms. The highest BCUT2D eigenvalue weighted by molar-refractivity contribution is 5.76. The van der Waals surface area contributed by atoms with Crippen molar-refractivity contribution in [1.82, 2.24) is 5.32 Å². The monoisotopic (exact) mass is 1020 g/mol. The lowest BCUT2D eigenvalue weighted by Crippen LogP contribution is -2.60. The van der Waals surface area contributed by atoms with Crippen LogP contribution in [0, 0.1) is 0 Å². The van der Waals surface area contributed by atoms with Gasteiger partial charge in [-0.3, -0.25) is 4.79 Å². The lowest BCUT2D eigenvalue weighted by Gasteiger charge is -2.40. The number of ether oxygens (including phenoxy) is 2. The smallest absolute Gasteiger partial charge is 0.220 e. The van der Waals surface area contributed by atoms with Gasteiger partial charge in [0.1, 0.15) is 24.4 Å². The third kappa shape index (κ3) is 42.1. The second-order valence-corrected chi connectivity index (χ2v) is 22.6. The molecule has 1 fully saturated rings. The van der Waals surface area contributed by atoms with Crippen LogP contribution in [0.1, 0.15) is 328 Å². The fourth-order valence-electron chi connectivity index (χ4n) is 10.6. The molecule has 1 saturated heterocycles. The van der Waals surface area contributed by atoms with Crippen LogP contribution in [0.4, 0.5) is 0 Å². The van der Waals surface area contributed by atoms with E-state index in [0.717, 1.165) is 38.5 Å². The van der Waals surface area contributed by atoms with E-state index >= 15 is 0 Å². The summed E-state index contributed by atoms with van der Waals surface area (Å²) in [7, 11) is 0. The summed E-state index contributed by atoms with van der Waals surface area (Å²) in [5, 5.41) is 54.3. The predicted octanol–water partition coefficient (Wildman–Crippen LogP) is 16.4. The van der Waals surface area contributed by atoms with Gasteiger partial charge in [0.2, 0.25) is 5.91 Å². The molecule has 72 heavy (non-hydrogen) atoms. The van der Waals surface area contributed by atoms with Crippen LogP contribution in [-0.2, 0) is 14.3 Å². The van der Waals surface area contributed by atoms with Gasteiger partial charge < -0.3 is 40.3 Å². The van der Waals surface area contributed by atoms with Crippen LogP contribution in [-0.4, -0.2) is 87.5 Å². The van der Waals surface area contributed by atoms with Gasteiger partial charge >= 0.3 is 0 Å². The maximum atomic E-state index is 13.0. The lowest BCUT2D eigenvalue weighted by atomic mass is 9.99. The van der Waals surface area contributed by atoms with E-state index in [1.807, 2.05) is 0 Å². The zero-order valence-electron chi connectivity index (χ0n) is 47.7. The number of hydrogen-bond donors (Lipinski definition) is 6. The Morgan fingerprint density at radius 1 is 0.458 bits per heavy atom. The van der Waals surface area contributed by atoms with E-state index in [4.69, 9.17) is 9.47 Å². The highest BCUT2D eigenvalue weighted by Crippen LogP contribution is 2.24. The molecule has 1 rings (SSSR count). The molecule has 0 aromatic rings. The third-order valence-electron chi connectivity index (χ3n) is 15.6. The molecule has 0 spiro atoms. The summed E-state index contributed by atoms with van der Waals surface area (Å²) in [6, 6.07) is -0.712. The standard InChI is InChI=1S/C63H123NO8/c1-3-5-7-9-11-13-14-15-16-17-18-19-20-21-22-23-24-25-26-27-28-29-30-31-32-33-34-35-36-37-38-39-40-41-42-43-44-45-47-49-51-53-59(67)64-56(57(66)52-50-48-46-12-10-8-6-4-2)55-71-63-62(70)61(69)60(68)58(54-65)72-63/h17-18,56-58,60-63,65-66,68-70H,3-16,19-55H2,1-2H3,(H,64,67)/b18-17-. The fourth-order valence-corrected chi connectivity index (χ4v) is 10.6. The number of unbranched alkanes of at least 4 members (excludes halogenated alkanes) is 44. The Bertz CT molecular complexity index is 1140. The average molecular weight is 1020 g/mol. The van der Waals surface area contributed by atoms with Gasteiger partial charge in [-0.15, -0.1) is 0 Å². The van der Waals surface area contributed by atoms with Crippen molar-refractivity contribution in [1.29, 1.82) is 0 Å². The highest BCUT2D eigenvalue weighted by atomic mass is 16.7. The molecule has 0 saturated carbocycles. The van der Waals surface area contributed by atoms with E-state index in [9.17, 15) is 30.3 Å². The molecule has 7 unspecified atom stereocenters. The Labute approximate surface area is 446 Å². The zero-order chi connectivity index (χ0) is 52.2. The first kappa shape index (κ1) is 68.9. The summed E-state index contributed by atoms with van der Waals surface area (Å²) in [4.78, 5) is 13.0. The van der Waals surface area contributed by atoms with Gasteiger partial charge in [-0.2, -0.15) is 0 Å². The van der Waals surface area contributed by atoms with E-state index in [0.29, 0.717) is 12.8 Å². The average Bonchev–Trinajstić information content (AvgIpc) is 3.38. The van der Waals surface area contributed by atoms with E-state index in [2.05, 4.69) is 31.3 Å². The summed E-state index contributed by atoms with van der Waals surface area (Å²) >= 11 is 0. The molecular weight excluding hydrogens is 899 g/mol. The number of carbonyl (C=O) groups excluding carboxylic acids is 1. The molecular formula is C63H123NO8. The number of aliphatic hydroxyl groups excluding tert-OH is 5. The zero-order valence-corrected chi connectivity index (χ0v) is 47.7. The van der Waals surface area contributed by atoms with Gasteiger partial charge in [0.25, 0.3) is 0 Å². The molecule has 9 heteroatoms. The van der Waals surface area contributed by atoms with Crippen molar-refractivity contribution in [3.8, 4) is 0 Å². The molecule has 7 atom stereocenters. The van der Waals surface area contributed by atoms with E-state index in [-0.39, 0.29) is 12.5 Å². The maximum absolute atomic E-state index is 13.0. The van der Waals surface area contributed by atoms with Gasteiger partial charge in [-0.25, -0.2) is 0 Å². The molecule has 428 valence electrons. The first-order valence-corrected chi connectivity index (χ1v) is 31.9. The van der Waals surface area contributed by atoms with Gasteiger partial charge in [-0.1, -0.05) is 296 Å². The predicted molar refractivity (Wildman–Crippen MR) is 304 cm³/mol. The van der Waals surface area contributed by atoms with Gasteiger partial charge in [-0.05, 0) is 38.5 Å². The molecule has 0 aliphatic carbocycles. The summed E-state index contributed by atoms with van der Waals surface area (Å²) in [6.07, 6.45) is 60.4. The van der Waals surface area contributed by atoms with Crippen molar-refractivity contribution < 1.29 is 39.8 Å². The number of carbonyl (C=O) groups is 1. The minimum absolute atomic E-state index is 0.133. The Hall–Kier alpha value is -1.07. The number of nitrogens with one attached hydrogen (secondary N) is 1. The number of rotatable bonds is 56. The lowest BCUT2D eigenvalue weighted by molar-refractivity contribution is -0.302. The number of amides is 1. The normalized spacial score (nSPS) is 19.1.